The summed E-state index contributed by atoms with van der Waals surface area (Å²) in [7, 11) is 0. The van der Waals surface area contributed by atoms with E-state index in [1.54, 1.807) is 0 Å². The molecule has 9 heteroatoms. The zero-order chi connectivity index (χ0) is 12.1. The third kappa shape index (κ3) is 3.48. The number of nitrogens with zero attached hydrogens (tertiary/aromatic N) is 2. The van der Waals surface area contributed by atoms with Crippen LogP contribution in [-0.4, -0.2) is 33.6 Å². The number of carboxylic acid groups (broad SMARTS) is 1. The monoisotopic (exact) mass is 263 g/mol. The van der Waals surface area contributed by atoms with E-state index in [1.807, 2.05) is 0 Å². The second-order valence-electron chi connectivity index (χ2n) is 2.45. The first-order valence-corrected chi connectivity index (χ1v) is 5.09. The van der Waals surface area contributed by atoms with Crippen LogP contribution in [0.3, 0.4) is 0 Å². The molecule has 1 heterocycles. The fraction of sp³-hybridized carbons (Fsp3) is 0.143. The first kappa shape index (κ1) is 12.4. The van der Waals surface area contributed by atoms with Gasteiger partial charge in [0.15, 0.2) is 10.8 Å². The van der Waals surface area contributed by atoms with Crippen molar-refractivity contribution in [3.8, 4) is 0 Å². The van der Waals surface area contributed by atoms with Gasteiger partial charge in [0.25, 0.3) is 5.24 Å². The highest BCUT2D eigenvalue weighted by atomic mass is 35.5. The minimum absolute atomic E-state index is 0.146. The molecule has 1 aromatic rings. The van der Waals surface area contributed by atoms with Gasteiger partial charge in [0, 0.05) is 5.38 Å². The van der Waals surface area contributed by atoms with Crippen LogP contribution >= 0.6 is 22.9 Å². The minimum atomic E-state index is -1.22. The van der Waals surface area contributed by atoms with Gasteiger partial charge in [-0.15, -0.1) is 11.3 Å². The summed E-state index contributed by atoms with van der Waals surface area (Å²) in [6.07, 6.45) is 0. The normalized spacial score (nSPS) is 11.2. The molecule has 1 rings (SSSR count). The van der Waals surface area contributed by atoms with E-state index in [-0.39, 0.29) is 16.5 Å². The number of aromatic nitrogens is 1. The Balaban J connectivity index is 2.83. The van der Waals surface area contributed by atoms with Gasteiger partial charge in [0.2, 0.25) is 6.61 Å². The number of nitrogens with two attached hydrogens (primary N) is 1. The van der Waals surface area contributed by atoms with E-state index in [1.165, 1.54) is 5.38 Å². The van der Waals surface area contributed by atoms with Gasteiger partial charge in [-0.3, -0.25) is 4.79 Å². The van der Waals surface area contributed by atoms with Crippen LogP contribution < -0.4 is 5.73 Å². The lowest BCUT2D eigenvalue weighted by molar-refractivity contribution is -0.142. The van der Waals surface area contributed by atoms with Gasteiger partial charge in [0.1, 0.15) is 5.69 Å². The second-order valence-corrected chi connectivity index (χ2v) is 3.68. The van der Waals surface area contributed by atoms with E-state index in [4.69, 9.17) is 22.4 Å². The molecule has 0 spiro atoms. The molecule has 0 atom stereocenters. The van der Waals surface area contributed by atoms with E-state index in [0.717, 1.165) is 11.3 Å². The van der Waals surface area contributed by atoms with E-state index in [9.17, 15) is 9.59 Å². The Morgan fingerprint density at radius 2 is 2.38 bits per heavy atom. The smallest absolute Gasteiger partial charge is 0.344 e. The van der Waals surface area contributed by atoms with Crippen LogP contribution in [0, 0.1) is 0 Å². The quantitative estimate of drug-likeness (QED) is 0.448. The fourth-order valence-electron chi connectivity index (χ4n) is 0.732. The molecule has 0 saturated carbocycles. The molecule has 0 bridgehead atoms. The lowest BCUT2D eigenvalue weighted by Crippen LogP contribution is -2.13. The number of carboxylic acids is 1. The van der Waals surface area contributed by atoms with Crippen LogP contribution in [0.5, 0.6) is 0 Å². The number of carbonyl (C=O) groups is 2. The van der Waals surface area contributed by atoms with Crippen molar-refractivity contribution in [2.75, 3.05) is 12.3 Å². The van der Waals surface area contributed by atoms with Crippen LogP contribution in [0.1, 0.15) is 5.69 Å². The summed E-state index contributed by atoms with van der Waals surface area (Å²) in [6, 6.07) is 0. The fourth-order valence-corrected chi connectivity index (χ4v) is 1.41. The highest BCUT2D eigenvalue weighted by molar-refractivity contribution is 7.13. The number of carbonyl (C=O) groups excluding carboxylic acids is 1. The van der Waals surface area contributed by atoms with Crippen molar-refractivity contribution in [2.24, 2.45) is 5.16 Å². The summed E-state index contributed by atoms with van der Waals surface area (Å²) >= 11 is 6.32. The van der Waals surface area contributed by atoms with E-state index in [0.29, 0.717) is 0 Å². The lowest BCUT2D eigenvalue weighted by atomic mass is 10.3. The zero-order valence-electron chi connectivity index (χ0n) is 7.71. The van der Waals surface area contributed by atoms with Crippen molar-refractivity contribution in [1.29, 1.82) is 0 Å². The maximum absolute atomic E-state index is 11.0. The first-order valence-electron chi connectivity index (χ1n) is 3.83. The van der Waals surface area contributed by atoms with Crippen LogP contribution in [0.4, 0.5) is 5.13 Å². The molecule has 16 heavy (non-hydrogen) atoms. The summed E-state index contributed by atoms with van der Waals surface area (Å²) in [6.45, 7) is -0.673. The van der Waals surface area contributed by atoms with Crippen LogP contribution in [0.15, 0.2) is 10.5 Å². The van der Waals surface area contributed by atoms with Gasteiger partial charge >= 0.3 is 5.97 Å². The Labute approximate surface area is 98.5 Å². The number of rotatable bonds is 5. The molecule has 3 N–H and O–H groups in total. The van der Waals surface area contributed by atoms with Gasteiger partial charge in [0.05, 0.1) is 0 Å². The standard InChI is InChI=1S/C7H6ClN3O4S/c8-6(14)5(11-15-1-4(12)13)3-2-16-7(9)10-3/h2H,1H2,(H2,9,10)(H,12,13). The molecule has 0 fully saturated rings. The van der Waals surface area contributed by atoms with Crippen molar-refractivity contribution >= 4 is 45.0 Å². The van der Waals surface area contributed by atoms with Crippen molar-refractivity contribution in [2.45, 2.75) is 0 Å². The number of thiazole rings is 1. The minimum Gasteiger partial charge on any atom is -0.479 e. The topological polar surface area (TPSA) is 115 Å². The predicted molar refractivity (Wildman–Crippen MR) is 57.5 cm³/mol. The molecule has 0 saturated heterocycles. The van der Waals surface area contributed by atoms with E-state index < -0.39 is 17.8 Å². The number of oxime groups is 1. The van der Waals surface area contributed by atoms with Gasteiger partial charge < -0.3 is 15.7 Å². The number of anilines is 1. The summed E-state index contributed by atoms with van der Waals surface area (Å²) in [5.74, 6) is -1.22. The van der Waals surface area contributed by atoms with Crippen molar-refractivity contribution in [3.63, 3.8) is 0 Å². The van der Waals surface area contributed by atoms with Crippen molar-refractivity contribution in [3.05, 3.63) is 11.1 Å². The maximum Gasteiger partial charge on any atom is 0.344 e. The SMILES string of the molecule is Nc1nc(C(=NOCC(=O)O)C(=O)Cl)cs1. The Bertz CT molecular complexity index is 445. The van der Waals surface area contributed by atoms with E-state index >= 15 is 0 Å². The molecule has 0 aliphatic carbocycles. The molecule has 1 aromatic heterocycles. The molecule has 86 valence electrons. The summed E-state index contributed by atoms with van der Waals surface area (Å²) in [5, 5.41) is 12.4. The molecule has 0 radical (unpaired) electrons. The van der Waals surface area contributed by atoms with Gasteiger partial charge in [-0.25, -0.2) is 9.78 Å². The van der Waals surface area contributed by atoms with Crippen LogP contribution in [0.25, 0.3) is 0 Å². The van der Waals surface area contributed by atoms with Crippen LogP contribution in [-0.2, 0) is 14.4 Å². The average Bonchev–Trinajstić information content (AvgIpc) is 2.58. The Kier molecular flexibility index (Phi) is 4.20. The average molecular weight is 264 g/mol. The summed E-state index contributed by atoms with van der Waals surface area (Å²) < 4.78 is 0. The number of nitrogen functional groups attached to an aromatic ring is 1. The summed E-state index contributed by atoms with van der Waals surface area (Å²) in [5.41, 5.74) is 5.22. The molecule has 0 unspecified atom stereocenters. The molecule has 0 aliphatic heterocycles. The van der Waals surface area contributed by atoms with E-state index in [2.05, 4.69) is 15.0 Å². The highest BCUT2D eigenvalue weighted by Crippen LogP contribution is 2.13. The highest BCUT2D eigenvalue weighted by Gasteiger charge is 2.16. The Morgan fingerprint density at radius 1 is 1.69 bits per heavy atom. The van der Waals surface area contributed by atoms with Crippen molar-refractivity contribution in [1.82, 2.24) is 4.98 Å². The molecular formula is C7H6ClN3O4S. The number of aliphatic carboxylic acids is 1. The predicted octanol–water partition coefficient (Wildman–Crippen LogP) is 0.296. The Morgan fingerprint density at radius 3 is 2.81 bits per heavy atom. The van der Waals surface area contributed by atoms with Gasteiger partial charge in [-0.05, 0) is 11.6 Å². The molecule has 0 aromatic carbocycles. The Hall–Kier alpha value is -1.67. The maximum atomic E-state index is 11.0. The first-order chi connectivity index (χ1) is 7.50. The molecule has 0 aliphatic rings. The molecular weight excluding hydrogens is 258 g/mol. The second kappa shape index (κ2) is 5.42. The number of halogens is 1. The molecule has 0 amide bonds. The largest absolute Gasteiger partial charge is 0.479 e. The third-order valence-electron chi connectivity index (χ3n) is 1.29. The molecule has 7 nitrogen and oxygen atoms in total. The summed E-state index contributed by atoms with van der Waals surface area (Å²) in [4.78, 5) is 29.3. The zero-order valence-corrected chi connectivity index (χ0v) is 9.29. The lowest BCUT2D eigenvalue weighted by Gasteiger charge is -1.97. The number of hydrogen-bond acceptors (Lipinski definition) is 7. The third-order valence-corrected chi connectivity index (χ3v) is 2.15. The van der Waals surface area contributed by atoms with Gasteiger partial charge in [-0.1, -0.05) is 5.16 Å². The van der Waals surface area contributed by atoms with Crippen molar-refractivity contribution < 1.29 is 19.5 Å². The van der Waals surface area contributed by atoms with Crippen LogP contribution in [0.2, 0.25) is 0 Å². The van der Waals surface area contributed by atoms with Gasteiger partial charge in [-0.2, -0.15) is 0 Å². The number of hydrogen-bond donors (Lipinski definition) is 2.